The molecule has 1 aromatic carbocycles. The Kier molecular flexibility index (Phi) is 4.81. The number of nitrogens with zero attached hydrogens (tertiary/aromatic N) is 1. The fraction of sp³-hybridized carbons (Fsp3) is 0.588. The van der Waals surface area contributed by atoms with Crippen molar-refractivity contribution in [2.45, 2.75) is 39.0 Å². The van der Waals surface area contributed by atoms with Crippen LogP contribution < -0.4 is 5.73 Å². The van der Waals surface area contributed by atoms with E-state index in [0.29, 0.717) is 6.54 Å². The molecule has 2 N–H and O–H groups in total. The minimum Gasteiger partial charge on any atom is -0.342 e. The molecule has 2 rings (SSSR count). The Labute approximate surface area is 122 Å². The molecule has 2 atom stereocenters. The summed E-state index contributed by atoms with van der Waals surface area (Å²) < 4.78 is 0. The van der Waals surface area contributed by atoms with E-state index in [4.69, 9.17) is 5.73 Å². The van der Waals surface area contributed by atoms with Crippen molar-refractivity contribution in [3.63, 3.8) is 0 Å². The lowest BCUT2D eigenvalue weighted by molar-refractivity contribution is -0.132. The van der Waals surface area contributed by atoms with Gasteiger partial charge in [0.25, 0.3) is 0 Å². The molecule has 2 unspecified atom stereocenters. The maximum Gasteiger partial charge on any atom is 0.230 e. The van der Waals surface area contributed by atoms with Crippen LogP contribution in [0.3, 0.4) is 0 Å². The summed E-state index contributed by atoms with van der Waals surface area (Å²) >= 11 is 0. The van der Waals surface area contributed by atoms with Crippen molar-refractivity contribution >= 4 is 5.91 Å². The van der Waals surface area contributed by atoms with Crippen LogP contribution in [0.1, 0.15) is 44.6 Å². The molecule has 0 aromatic heterocycles. The van der Waals surface area contributed by atoms with Crippen molar-refractivity contribution in [2.24, 2.45) is 11.1 Å². The van der Waals surface area contributed by atoms with Crippen LogP contribution in [0, 0.1) is 5.41 Å². The number of nitrogens with two attached hydrogens (primary N) is 1. The minimum atomic E-state index is 0.00123. The highest BCUT2D eigenvalue weighted by Gasteiger charge is 2.37. The van der Waals surface area contributed by atoms with Crippen LogP contribution in [0.25, 0.3) is 0 Å². The summed E-state index contributed by atoms with van der Waals surface area (Å²) in [6, 6.07) is 10.2. The van der Waals surface area contributed by atoms with E-state index < -0.39 is 0 Å². The number of hydrogen-bond donors (Lipinski definition) is 1. The summed E-state index contributed by atoms with van der Waals surface area (Å²) in [5.41, 5.74) is 7.08. The van der Waals surface area contributed by atoms with E-state index in [1.54, 1.807) is 0 Å². The van der Waals surface area contributed by atoms with E-state index in [2.05, 4.69) is 26.0 Å². The second-order valence-electron chi connectivity index (χ2n) is 6.28. The summed E-state index contributed by atoms with van der Waals surface area (Å²) in [6.07, 6.45) is 2.95. The zero-order chi connectivity index (χ0) is 14.6. The summed E-state index contributed by atoms with van der Waals surface area (Å²) in [5.74, 6) is 0.275. The first-order valence-electron chi connectivity index (χ1n) is 7.63. The van der Waals surface area contributed by atoms with E-state index in [1.165, 1.54) is 0 Å². The Hall–Kier alpha value is -1.35. The molecule has 1 fully saturated rings. The third-order valence-electron chi connectivity index (χ3n) is 4.44. The Morgan fingerprint density at radius 3 is 2.65 bits per heavy atom. The van der Waals surface area contributed by atoms with Crippen molar-refractivity contribution < 1.29 is 4.79 Å². The van der Waals surface area contributed by atoms with Crippen LogP contribution >= 0.6 is 0 Å². The zero-order valence-electron chi connectivity index (χ0n) is 12.6. The van der Waals surface area contributed by atoms with Gasteiger partial charge >= 0.3 is 0 Å². The van der Waals surface area contributed by atoms with Crippen molar-refractivity contribution in [2.75, 3.05) is 19.6 Å². The molecular formula is C17H26N2O. The molecule has 20 heavy (non-hydrogen) atoms. The van der Waals surface area contributed by atoms with Gasteiger partial charge in [-0.25, -0.2) is 0 Å². The number of carbonyl (C=O) groups excluding carboxylic acids is 1. The third kappa shape index (κ3) is 3.21. The molecule has 0 bridgehead atoms. The van der Waals surface area contributed by atoms with Gasteiger partial charge in [-0.3, -0.25) is 4.79 Å². The maximum absolute atomic E-state index is 12.8. The minimum absolute atomic E-state index is 0.00123. The first-order valence-corrected chi connectivity index (χ1v) is 7.63. The first kappa shape index (κ1) is 15.0. The number of rotatable bonds is 5. The second-order valence-corrected chi connectivity index (χ2v) is 6.28. The first-order chi connectivity index (χ1) is 9.59. The van der Waals surface area contributed by atoms with E-state index in [0.717, 1.165) is 37.9 Å². The summed E-state index contributed by atoms with van der Waals surface area (Å²) in [5, 5.41) is 0. The zero-order valence-corrected chi connectivity index (χ0v) is 12.6. The molecule has 1 aromatic rings. The molecule has 1 aliphatic heterocycles. The molecule has 110 valence electrons. The van der Waals surface area contributed by atoms with E-state index >= 15 is 0 Å². The average molecular weight is 274 g/mol. The Morgan fingerprint density at radius 2 is 2.10 bits per heavy atom. The molecule has 1 aliphatic rings. The van der Waals surface area contributed by atoms with Crippen LogP contribution in [-0.2, 0) is 4.79 Å². The van der Waals surface area contributed by atoms with E-state index in [9.17, 15) is 4.79 Å². The van der Waals surface area contributed by atoms with Gasteiger partial charge in [-0.05, 0) is 30.4 Å². The van der Waals surface area contributed by atoms with Crippen molar-refractivity contribution in [1.82, 2.24) is 4.90 Å². The van der Waals surface area contributed by atoms with Crippen LogP contribution in [-0.4, -0.2) is 30.4 Å². The molecule has 0 spiro atoms. The molecule has 1 heterocycles. The lowest BCUT2D eigenvalue weighted by atomic mass is 9.90. The Balaban J connectivity index is 2.13. The van der Waals surface area contributed by atoms with Gasteiger partial charge in [0, 0.05) is 13.1 Å². The molecule has 3 nitrogen and oxygen atoms in total. The molecule has 0 aliphatic carbocycles. The predicted octanol–water partition coefficient (Wildman–Crippen LogP) is 2.77. The van der Waals surface area contributed by atoms with Crippen LogP contribution in [0.15, 0.2) is 30.3 Å². The van der Waals surface area contributed by atoms with Crippen molar-refractivity contribution in [3.05, 3.63) is 35.9 Å². The highest BCUT2D eigenvalue weighted by Crippen LogP contribution is 2.32. The standard InChI is InChI=1S/C17H26N2O/c1-3-7-15(14-8-5-4-6-9-14)16(20)19-11-10-17(2,12-18)13-19/h4-6,8-9,15H,3,7,10-13,18H2,1-2H3. The highest BCUT2D eigenvalue weighted by molar-refractivity contribution is 5.84. The van der Waals surface area contributed by atoms with Gasteiger partial charge in [0.05, 0.1) is 5.92 Å². The van der Waals surface area contributed by atoms with E-state index in [-0.39, 0.29) is 17.2 Å². The largest absolute Gasteiger partial charge is 0.342 e. The van der Waals surface area contributed by atoms with Crippen molar-refractivity contribution in [3.8, 4) is 0 Å². The van der Waals surface area contributed by atoms with Gasteiger partial charge in [-0.1, -0.05) is 50.6 Å². The van der Waals surface area contributed by atoms with Gasteiger partial charge in [0.2, 0.25) is 5.91 Å². The van der Waals surface area contributed by atoms with Crippen molar-refractivity contribution in [1.29, 1.82) is 0 Å². The summed E-state index contributed by atoms with van der Waals surface area (Å²) in [7, 11) is 0. The number of hydrogen-bond acceptors (Lipinski definition) is 2. The molecule has 1 amide bonds. The molecular weight excluding hydrogens is 248 g/mol. The lowest BCUT2D eigenvalue weighted by Crippen LogP contribution is -2.37. The monoisotopic (exact) mass is 274 g/mol. The molecule has 1 saturated heterocycles. The average Bonchev–Trinajstić information content (AvgIpc) is 2.88. The fourth-order valence-corrected chi connectivity index (χ4v) is 3.01. The number of amides is 1. The van der Waals surface area contributed by atoms with Crippen LogP contribution in [0.2, 0.25) is 0 Å². The van der Waals surface area contributed by atoms with Crippen LogP contribution in [0.4, 0.5) is 0 Å². The summed E-state index contributed by atoms with van der Waals surface area (Å²) in [4.78, 5) is 14.8. The third-order valence-corrected chi connectivity index (χ3v) is 4.44. The number of likely N-dealkylation sites (tertiary alicyclic amines) is 1. The smallest absolute Gasteiger partial charge is 0.230 e. The van der Waals surface area contributed by atoms with Crippen LogP contribution in [0.5, 0.6) is 0 Å². The Morgan fingerprint density at radius 1 is 1.40 bits per heavy atom. The summed E-state index contributed by atoms with van der Waals surface area (Å²) in [6.45, 7) is 6.62. The van der Waals surface area contributed by atoms with Gasteiger partial charge in [0.15, 0.2) is 0 Å². The lowest BCUT2D eigenvalue weighted by Gasteiger charge is -2.26. The highest BCUT2D eigenvalue weighted by atomic mass is 16.2. The normalized spacial score (nSPS) is 23.9. The molecule has 3 heteroatoms. The molecule has 0 radical (unpaired) electrons. The second kappa shape index (κ2) is 6.40. The van der Waals surface area contributed by atoms with Gasteiger partial charge in [-0.15, -0.1) is 0 Å². The Bertz CT molecular complexity index is 446. The fourth-order valence-electron chi connectivity index (χ4n) is 3.01. The SMILES string of the molecule is CCCC(C(=O)N1CCC(C)(CN)C1)c1ccccc1. The topological polar surface area (TPSA) is 46.3 Å². The molecule has 0 saturated carbocycles. The van der Waals surface area contributed by atoms with Gasteiger partial charge in [0.1, 0.15) is 0 Å². The maximum atomic E-state index is 12.8. The quantitative estimate of drug-likeness (QED) is 0.897. The predicted molar refractivity (Wildman–Crippen MR) is 82.4 cm³/mol. The van der Waals surface area contributed by atoms with E-state index in [1.807, 2.05) is 23.1 Å². The number of benzene rings is 1. The van der Waals surface area contributed by atoms with Gasteiger partial charge in [-0.2, -0.15) is 0 Å². The number of carbonyl (C=O) groups is 1. The van der Waals surface area contributed by atoms with Gasteiger partial charge < -0.3 is 10.6 Å².